The van der Waals surface area contributed by atoms with E-state index in [9.17, 15) is 4.39 Å². The highest BCUT2D eigenvalue weighted by atomic mass is 35.5. The van der Waals surface area contributed by atoms with Gasteiger partial charge in [-0.3, -0.25) is 0 Å². The minimum atomic E-state index is -0.515. The second-order valence-electron chi connectivity index (χ2n) is 6.34. The summed E-state index contributed by atoms with van der Waals surface area (Å²) < 4.78 is 25.3. The largest absolute Gasteiger partial charge is 0.486 e. The number of rotatable bonds is 5. The molecule has 1 aromatic carbocycles. The van der Waals surface area contributed by atoms with Gasteiger partial charge in [-0.1, -0.05) is 29.3 Å². The van der Waals surface area contributed by atoms with Crippen LogP contribution < -0.4 is 10.5 Å². The molecule has 0 saturated carbocycles. The van der Waals surface area contributed by atoms with Gasteiger partial charge in [0.2, 0.25) is 5.75 Å². The van der Waals surface area contributed by atoms with Crippen molar-refractivity contribution in [2.45, 2.75) is 12.8 Å². The molecule has 0 amide bonds. The Hall–Kier alpha value is -1.89. The van der Waals surface area contributed by atoms with Crippen molar-refractivity contribution < 1.29 is 13.5 Å². The summed E-state index contributed by atoms with van der Waals surface area (Å²) in [5.41, 5.74) is 9.32. The predicted molar refractivity (Wildman–Crippen MR) is 114 cm³/mol. The van der Waals surface area contributed by atoms with Crippen LogP contribution in [0.15, 0.2) is 35.1 Å². The van der Waals surface area contributed by atoms with E-state index in [1.807, 2.05) is 11.8 Å². The van der Waals surface area contributed by atoms with Gasteiger partial charge in [0.15, 0.2) is 11.4 Å². The van der Waals surface area contributed by atoms with E-state index in [0.717, 1.165) is 28.9 Å². The van der Waals surface area contributed by atoms with Crippen molar-refractivity contribution in [1.29, 1.82) is 0 Å². The molecule has 1 aliphatic rings. The number of ether oxygens (including phenoxy) is 1. The first-order chi connectivity index (χ1) is 13.6. The summed E-state index contributed by atoms with van der Waals surface area (Å²) in [5.74, 6) is 2.16. The second kappa shape index (κ2) is 8.23. The monoisotopic (exact) mass is 438 g/mol. The Labute approximate surface area is 175 Å². The first-order valence-corrected chi connectivity index (χ1v) is 10.7. The number of thioether (sulfide) groups is 1. The highest BCUT2D eigenvalue weighted by Gasteiger charge is 2.19. The van der Waals surface area contributed by atoms with Crippen molar-refractivity contribution >= 4 is 57.3 Å². The van der Waals surface area contributed by atoms with Gasteiger partial charge in [0.1, 0.15) is 5.82 Å². The molecule has 8 heteroatoms. The van der Waals surface area contributed by atoms with Gasteiger partial charge in [-0.15, -0.1) is 0 Å². The number of anilines is 1. The molecule has 4 nitrogen and oxygen atoms in total. The third-order valence-corrected chi connectivity index (χ3v) is 6.31. The molecule has 0 unspecified atom stereocenters. The number of hydrogen-bond acceptors (Lipinski definition) is 5. The van der Waals surface area contributed by atoms with Gasteiger partial charge < -0.3 is 14.9 Å². The van der Waals surface area contributed by atoms with Gasteiger partial charge in [0.25, 0.3) is 0 Å². The lowest BCUT2D eigenvalue weighted by molar-refractivity contribution is 0.321. The van der Waals surface area contributed by atoms with Crippen LogP contribution in [0.1, 0.15) is 17.5 Å². The standard InChI is InChI=1S/C20H17Cl2FN2O2S/c21-15-1-2-16(23)17(22)12(15)3-6-26-19-18-13(9-25-20(19)24)14(10-27-18)11-4-7-28-8-5-11/h1-2,4,9-10H,3,5-8H2,(H2,24,25). The Kier molecular flexibility index (Phi) is 5.71. The van der Waals surface area contributed by atoms with Gasteiger partial charge in [-0.05, 0) is 35.4 Å². The minimum Gasteiger partial charge on any atom is -0.486 e. The zero-order valence-corrected chi connectivity index (χ0v) is 17.1. The normalized spacial score (nSPS) is 14.3. The number of aromatic nitrogens is 1. The first kappa shape index (κ1) is 19.4. The molecule has 0 atom stereocenters. The molecular weight excluding hydrogens is 422 g/mol. The maximum absolute atomic E-state index is 13.7. The number of fused-ring (bicyclic) bond motifs is 1. The van der Waals surface area contributed by atoms with Crippen molar-refractivity contribution in [3.8, 4) is 5.75 Å². The molecule has 0 spiro atoms. The zero-order valence-electron chi connectivity index (χ0n) is 14.8. The van der Waals surface area contributed by atoms with Crippen LogP contribution >= 0.6 is 35.0 Å². The SMILES string of the molecule is Nc1ncc2c(C3=CCSCC3)coc2c1OCCc1c(Cl)ccc(F)c1Cl. The summed E-state index contributed by atoms with van der Waals surface area (Å²) in [5, 5.41) is 1.26. The van der Waals surface area contributed by atoms with Crippen LogP contribution in [-0.4, -0.2) is 23.1 Å². The highest BCUT2D eigenvalue weighted by Crippen LogP contribution is 2.38. The summed E-state index contributed by atoms with van der Waals surface area (Å²) in [6, 6.07) is 2.71. The van der Waals surface area contributed by atoms with E-state index >= 15 is 0 Å². The van der Waals surface area contributed by atoms with E-state index in [-0.39, 0.29) is 17.4 Å². The Morgan fingerprint density at radius 1 is 1.32 bits per heavy atom. The Morgan fingerprint density at radius 3 is 2.96 bits per heavy atom. The number of hydrogen-bond donors (Lipinski definition) is 1. The summed E-state index contributed by atoms with van der Waals surface area (Å²) >= 11 is 14.0. The van der Waals surface area contributed by atoms with Crippen LogP contribution in [0, 0.1) is 5.82 Å². The molecule has 1 aliphatic heterocycles. The van der Waals surface area contributed by atoms with E-state index in [1.54, 1.807) is 12.5 Å². The molecular formula is C20H17Cl2FN2O2S. The molecule has 0 aliphatic carbocycles. The number of nitrogens with zero attached hydrogens (tertiary/aromatic N) is 1. The van der Waals surface area contributed by atoms with E-state index in [0.29, 0.717) is 28.3 Å². The van der Waals surface area contributed by atoms with E-state index < -0.39 is 5.82 Å². The van der Waals surface area contributed by atoms with Crippen molar-refractivity contribution in [2.24, 2.45) is 0 Å². The Bertz CT molecular complexity index is 1070. The van der Waals surface area contributed by atoms with Crippen LogP contribution in [0.3, 0.4) is 0 Å². The number of allylic oxidation sites excluding steroid dienone is 1. The third kappa shape index (κ3) is 3.69. The van der Waals surface area contributed by atoms with Crippen LogP contribution in [0.4, 0.5) is 10.2 Å². The van der Waals surface area contributed by atoms with E-state index in [1.165, 1.54) is 17.7 Å². The molecule has 0 saturated heterocycles. The fraction of sp³-hybridized carbons (Fsp3) is 0.250. The predicted octanol–water partition coefficient (Wildman–Crippen LogP) is 6.00. The molecule has 28 heavy (non-hydrogen) atoms. The molecule has 0 bridgehead atoms. The molecule has 3 heterocycles. The number of pyridine rings is 1. The Balaban J connectivity index is 1.59. The van der Waals surface area contributed by atoms with Crippen LogP contribution in [0.25, 0.3) is 16.5 Å². The van der Waals surface area contributed by atoms with Gasteiger partial charge in [-0.25, -0.2) is 9.37 Å². The fourth-order valence-corrected chi connectivity index (χ4v) is 4.60. The molecule has 0 fully saturated rings. The van der Waals surface area contributed by atoms with E-state index in [2.05, 4.69) is 11.1 Å². The maximum atomic E-state index is 13.7. The summed E-state index contributed by atoms with van der Waals surface area (Å²) in [6.07, 6.45) is 6.95. The number of nitrogens with two attached hydrogens (primary N) is 1. The maximum Gasteiger partial charge on any atom is 0.205 e. The summed E-state index contributed by atoms with van der Waals surface area (Å²) in [4.78, 5) is 4.26. The number of nitrogen functional groups attached to an aromatic ring is 1. The lowest BCUT2D eigenvalue weighted by Gasteiger charge is -2.12. The van der Waals surface area contributed by atoms with Gasteiger partial charge in [-0.2, -0.15) is 11.8 Å². The average molecular weight is 439 g/mol. The van der Waals surface area contributed by atoms with Crippen molar-refractivity contribution in [3.63, 3.8) is 0 Å². The molecule has 2 N–H and O–H groups in total. The quantitative estimate of drug-likeness (QED) is 0.495. The van der Waals surface area contributed by atoms with Crippen LogP contribution in [0.2, 0.25) is 10.0 Å². The molecule has 3 aromatic rings. The van der Waals surface area contributed by atoms with Gasteiger partial charge in [0, 0.05) is 29.0 Å². The summed E-state index contributed by atoms with van der Waals surface area (Å²) in [7, 11) is 0. The van der Waals surface area contributed by atoms with Gasteiger partial charge >= 0.3 is 0 Å². The van der Waals surface area contributed by atoms with E-state index in [4.69, 9.17) is 38.1 Å². The number of furan rings is 1. The second-order valence-corrected chi connectivity index (χ2v) is 8.27. The molecule has 2 aromatic heterocycles. The third-order valence-electron chi connectivity index (χ3n) is 4.65. The number of benzene rings is 1. The van der Waals surface area contributed by atoms with Crippen LogP contribution in [0.5, 0.6) is 5.75 Å². The smallest absolute Gasteiger partial charge is 0.205 e. The fourth-order valence-electron chi connectivity index (χ4n) is 3.19. The highest BCUT2D eigenvalue weighted by molar-refractivity contribution is 7.99. The van der Waals surface area contributed by atoms with Crippen molar-refractivity contribution in [1.82, 2.24) is 4.98 Å². The average Bonchev–Trinajstić information content (AvgIpc) is 3.14. The summed E-state index contributed by atoms with van der Waals surface area (Å²) in [6.45, 7) is 0.198. The lowest BCUT2D eigenvalue weighted by Crippen LogP contribution is -2.06. The molecule has 4 rings (SSSR count). The lowest BCUT2D eigenvalue weighted by atomic mass is 10.0. The molecule has 146 valence electrons. The number of halogens is 3. The van der Waals surface area contributed by atoms with Gasteiger partial charge in [0.05, 0.1) is 23.3 Å². The minimum absolute atomic E-state index is 0.00259. The zero-order chi connectivity index (χ0) is 19.7. The Morgan fingerprint density at radius 2 is 2.18 bits per heavy atom. The van der Waals surface area contributed by atoms with Crippen molar-refractivity contribution in [2.75, 3.05) is 23.8 Å². The van der Waals surface area contributed by atoms with Crippen molar-refractivity contribution in [3.05, 3.63) is 57.7 Å². The topological polar surface area (TPSA) is 61.3 Å². The molecule has 0 radical (unpaired) electrons. The van der Waals surface area contributed by atoms with Crippen LogP contribution in [-0.2, 0) is 6.42 Å². The first-order valence-electron chi connectivity index (χ1n) is 8.74.